The number of carboxylic acid groups (broad SMARTS) is 1. The van der Waals surface area contributed by atoms with E-state index in [9.17, 15) is 14.7 Å². The topological polar surface area (TPSA) is 119 Å². The van der Waals surface area contributed by atoms with Crippen LogP contribution in [-0.2, 0) is 17.6 Å². The van der Waals surface area contributed by atoms with E-state index >= 15 is 0 Å². The molecule has 0 spiro atoms. The highest BCUT2D eigenvalue weighted by atomic mass is 35.5. The predicted molar refractivity (Wildman–Crippen MR) is 123 cm³/mol. The van der Waals surface area contributed by atoms with Crippen molar-refractivity contribution < 1.29 is 25.0 Å². The Bertz CT molecular complexity index is 965. The molecule has 2 aromatic rings. The molecular formula is C22H25ClN2O5S. The molecule has 0 saturated heterocycles. The number of thioether (sulfide) groups is 1. The molecule has 166 valence electrons. The van der Waals surface area contributed by atoms with Gasteiger partial charge in [-0.15, -0.1) is 11.8 Å². The van der Waals surface area contributed by atoms with Gasteiger partial charge < -0.3 is 20.7 Å². The van der Waals surface area contributed by atoms with Crippen molar-refractivity contribution in [3.05, 3.63) is 52.0 Å². The van der Waals surface area contributed by atoms with Crippen LogP contribution in [0.5, 0.6) is 5.75 Å². The summed E-state index contributed by atoms with van der Waals surface area (Å²) in [5.41, 5.74) is 2.18. The van der Waals surface area contributed by atoms with Gasteiger partial charge in [0, 0.05) is 22.7 Å². The number of benzene rings is 2. The molecule has 2 aromatic carbocycles. The summed E-state index contributed by atoms with van der Waals surface area (Å²) in [7, 11) is 0. The molecule has 0 radical (unpaired) electrons. The number of phenolic OH excluding ortho intramolecular Hbond substituents is 1. The molecule has 7 nitrogen and oxygen atoms in total. The van der Waals surface area contributed by atoms with Crippen molar-refractivity contribution in [1.29, 1.82) is 0 Å². The number of oxime groups is 1. The molecular weight excluding hydrogens is 440 g/mol. The van der Waals surface area contributed by atoms with Crippen LogP contribution in [0.2, 0.25) is 5.02 Å². The standard InChI is InChI=1S/C22H25ClN2O5S/c1-2-4-15-18(7-6-16(22(15)29)19(26)13-25-30)24-9-3-10-31-20-8-5-14(11-17(20)23)12-21(27)28/h5-8,11,13,24,29-30H,2-4,9-10,12H2,1H3,(H,27,28). The van der Waals surface area contributed by atoms with Crippen LogP contribution in [-0.4, -0.2) is 45.7 Å². The van der Waals surface area contributed by atoms with Gasteiger partial charge in [0.25, 0.3) is 0 Å². The molecule has 0 aliphatic carbocycles. The van der Waals surface area contributed by atoms with Gasteiger partial charge in [0.05, 0.1) is 17.0 Å². The summed E-state index contributed by atoms with van der Waals surface area (Å²) >= 11 is 7.84. The van der Waals surface area contributed by atoms with Gasteiger partial charge in [-0.2, -0.15) is 0 Å². The molecule has 0 bridgehead atoms. The number of hydrogen-bond acceptors (Lipinski definition) is 7. The minimum atomic E-state index is -0.894. The van der Waals surface area contributed by atoms with Crippen molar-refractivity contribution in [2.75, 3.05) is 17.6 Å². The Kier molecular flexibility index (Phi) is 9.68. The number of rotatable bonds is 12. The van der Waals surface area contributed by atoms with E-state index < -0.39 is 11.8 Å². The van der Waals surface area contributed by atoms with Crippen LogP contribution in [0.3, 0.4) is 0 Å². The van der Waals surface area contributed by atoms with Crippen molar-refractivity contribution in [2.45, 2.75) is 37.5 Å². The SMILES string of the molecule is CCCc1c(NCCCSc2ccc(CC(=O)O)cc2Cl)ccc(C(=O)C=NO)c1O. The molecule has 0 aromatic heterocycles. The van der Waals surface area contributed by atoms with Crippen LogP contribution in [0.4, 0.5) is 5.69 Å². The number of carbonyl (C=O) groups excluding carboxylic acids is 1. The number of nitrogens with zero attached hydrogens (tertiary/aromatic N) is 1. The zero-order valence-electron chi connectivity index (χ0n) is 17.1. The summed E-state index contributed by atoms with van der Waals surface area (Å²) in [6.45, 7) is 2.64. The fourth-order valence-corrected chi connectivity index (χ4v) is 4.29. The third-order valence-corrected chi connectivity index (χ3v) is 6.05. The Morgan fingerprint density at radius 3 is 2.68 bits per heavy atom. The van der Waals surface area contributed by atoms with Crippen LogP contribution >= 0.6 is 23.4 Å². The van der Waals surface area contributed by atoms with Crippen molar-refractivity contribution in [3.8, 4) is 5.75 Å². The first kappa shape index (κ1) is 24.6. The number of hydrogen-bond donors (Lipinski definition) is 4. The number of ketones is 1. The summed E-state index contributed by atoms with van der Waals surface area (Å²) in [5.74, 6) is -0.759. The minimum absolute atomic E-state index is 0.0568. The Labute approximate surface area is 190 Å². The lowest BCUT2D eigenvalue weighted by atomic mass is 10.00. The third-order valence-electron chi connectivity index (χ3n) is 4.47. The second-order valence-corrected chi connectivity index (χ2v) is 8.35. The van der Waals surface area contributed by atoms with Crippen LogP contribution in [0.15, 0.2) is 40.4 Å². The third kappa shape index (κ3) is 7.18. The van der Waals surface area contributed by atoms with Gasteiger partial charge >= 0.3 is 5.97 Å². The Morgan fingerprint density at radius 2 is 2.03 bits per heavy atom. The quantitative estimate of drug-likeness (QED) is 0.0883. The van der Waals surface area contributed by atoms with Crippen molar-refractivity contribution in [1.82, 2.24) is 0 Å². The highest BCUT2D eigenvalue weighted by molar-refractivity contribution is 7.99. The van der Waals surface area contributed by atoms with Crippen LogP contribution < -0.4 is 5.32 Å². The largest absolute Gasteiger partial charge is 0.507 e. The highest BCUT2D eigenvalue weighted by Gasteiger charge is 2.16. The lowest BCUT2D eigenvalue weighted by Crippen LogP contribution is -2.08. The maximum absolute atomic E-state index is 11.9. The van der Waals surface area contributed by atoms with Gasteiger partial charge in [0.2, 0.25) is 5.78 Å². The number of halogens is 1. The van der Waals surface area contributed by atoms with Gasteiger partial charge in [0.15, 0.2) is 0 Å². The van der Waals surface area contributed by atoms with Crippen LogP contribution in [0.1, 0.15) is 41.3 Å². The normalized spacial score (nSPS) is 11.0. The van der Waals surface area contributed by atoms with E-state index in [1.54, 1.807) is 30.0 Å². The Morgan fingerprint density at radius 1 is 1.26 bits per heavy atom. The molecule has 0 heterocycles. The summed E-state index contributed by atoms with van der Waals surface area (Å²) in [4.78, 5) is 23.6. The first-order valence-electron chi connectivity index (χ1n) is 9.80. The van der Waals surface area contributed by atoms with Crippen molar-refractivity contribution >= 4 is 47.0 Å². The zero-order chi connectivity index (χ0) is 22.8. The molecule has 0 atom stereocenters. The predicted octanol–water partition coefficient (Wildman–Crippen LogP) is 4.86. The number of Topliss-reactive ketones (excluding diaryl/α,β-unsaturated/α-hetero) is 1. The summed E-state index contributed by atoms with van der Waals surface area (Å²) < 4.78 is 0. The van der Waals surface area contributed by atoms with Crippen LogP contribution in [0, 0.1) is 0 Å². The summed E-state index contributed by atoms with van der Waals surface area (Å²) in [6, 6.07) is 8.54. The fourth-order valence-electron chi connectivity index (χ4n) is 3.05. The maximum atomic E-state index is 11.9. The lowest BCUT2D eigenvalue weighted by molar-refractivity contribution is -0.136. The van der Waals surface area contributed by atoms with E-state index in [2.05, 4.69) is 10.5 Å². The zero-order valence-corrected chi connectivity index (χ0v) is 18.7. The second-order valence-electron chi connectivity index (χ2n) is 6.81. The number of anilines is 1. The maximum Gasteiger partial charge on any atom is 0.307 e. The molecule has 0 fully saturated rings. The smallest absolute Gasteiger partial charge is 0.307 e. The fraction of sp³-hybridized carbons (Fsp3) is 0.318. The van der Waals surface area contributed by atoms with E-state index in [1.165, 1.54) is 6.07 Å². The molecule has 0 aliphatic heterocycles. The summed E-state index contributed by atoms with van der Waals surface area (Å²) in [6.07, 6.45) is 2.91. The second kappa shape index (κ2) is 12.2. The molecule has 2 rings (SSSR count). The van der Waals surface area contributed by atoms with E-state index in [-0.39, 0.29) is 17.7 Å². The van der Waals surface area contributed by atoms with Gasteiger partial charge in [0.1, 0.15) is 12.0 Å². The average molecular weight is 465 g/mol. The lowest BCUT2D eigenvalue weighted by Gasteiger charge is -2.15. The number of carbonyl (C=O) groups is 2. The van der Waals surface area contributed by atoms with Gasteiger partial charge in [-0.05, 0) is 48.4 Å². The van der Waals surface area contributed by atoms with Gasteiger partial charge in [-0.25, -0.2) is 0 Å². The monoisotopic (exact) mass is 464 g/mol. The molecule has 31 heavy (non-hydrogen) atoms. The molecule has 0 amide bonds. The number of aromatic hydroxyl groups is 1. The Balaban J connectivity index is 1.94. The van der Waals surface area contributed by atoms with E-state index in [0.717, 1.165) is 35.4 Å². The first-order valence-corrected chi connectivity index (χ1v) is 11.2. The number of aliphatic carboxylic acids is 1. The number of nitrogens with one attached hydrogen (secondary N) is 1. The average Bonchev–Trinajstić information content (AvgIpc) is 2.71. The number of phenols is 1. The minimum Gasteiger partial charge on any atom is -0.507 e. The Hall–Kier alpha value is -2.71. The van der Waals surface area contributed by atoms with Crippen molar-refractivity contribution in [2.24, 2.45) is 5.16 Å². The molecule has 0 saturated carbocycles. The first-order chi connectivity index (χ1) is 14.9. The molecule has 0 aliphatic rings. The molecule has 0 unspecified atom stereocenters. The van der Waals surface area contributed by atoms with Crippen LogP contribution in [0.25, 0.3) is 0 Å². The summed E-state index contributed by atoms with van der Waals surface area (Å²) in [5, 5.41) is 34.5. The molecule has 4 N–H and O–H groups in total. The van der Waals surface area contributed by atoms with E-state index in [4.69, 9.17) is 21.9 Å². The van der Waals surface area contributed by atoms with Gasteiger partial charge in [-0.3, -0.25) is 9.59 Å². The van der Waals surface area contributed by atoms with Crippen molar-refractivity contribution in [3.63, 3.8) is 0 Å². The highest BCUT2D eigenvalue weighted by Crippen LogP contribution is 2.32. The van der Waals surface area contributed by atoms with Gasteiger partial charge in [-0.1, -0.05) is 36.2 Å². The number of carboxylic acids is 1. The van der Waals surface area contributed by atoms with E-state index in [1.807, 2.05) is 13.0 Å². The van der Waals surface area contributed by atoms with E-state index in [0.29, 0.717) is 29.1 Å². The molecule has 9 heteroatoms.